The lowest BCUT2D eigenvalue weighted by Gasteiger charge is -2.21. The molecule has 2 aromatic carbocycles. The number of para-hydroxylation sites is 1. The molecule has 0 aliphatic rings. The molecule has 18 heavy (non-hydrogen) atoms. The van der Waals surface area contributed by atoms with E-state index >= 15 is 0 Å². The second kappa shape index (κ2) is 5.45. The molecule has 0 fully saturated rings. The van der Waals surface area contributed by atoms with Crippen LogP contribution in [0.25, 0.3) is 0 Å². The number of anilines is 1. The number of hydrogen-bond donors (Lipinski definition) is 0. The third-order valence-electron chi connectivity index (χ3n) is 2.72. The minimum atomic E-state index is -0.339. The van der Waals surface area contributed by atoms with Crippen molar-refractivity contribution in [2.75, 3.05) is 11.4 Å². The lowest BCUT2D eigenvalue weighted by Crippen LogP contribution is -2.30. The Hall–Kier alpha value is -2.16. The topological polar surface area (TPSA) is 20.3 Å². The number of hydrogen-bond acceptors (Lipinski definition) is 1. The third kappa shape index (κ3) is 2.56. The SMILES string of the molecule is CCN(C(=O)c1ccc(F)cc1)c1ccccc1. The first-order valence-corrected chi connectivity index (χ1v) is 5.85. The van der Waals surface area contributed by atoms with Gasteiger partial charge in [0.25, 0.3) is 5.91 Å². The Kier molecular flexibility index (Phi) is 3.72. The number of carbonyl (C=O) groups is 1. The maximum absolute atomic E-state index is 12.8. The molecule has 0 saturated carbocycles. The third-order valence-corrected chi connectivity index (χ3v) is 2.72. The zero-order valence-electron chi connectivity index (χ0n) is 10.1. The molecule has 3 heteroatoms. The molecule has 0 saturated heterocycles. The van der Waals surface area contributed by atoms with Gasteiger partial charge in [-0.05, 0) is 43.3 Å². The maximum atomic E-state index is 12.8. The molecule has 0 aromatic heterocycles. The smallest absolute Gasteiger partial charge is 0.258 e. The summed E-state index contributed by atoms with van der Waals surface area (Å²) in [7, 11) is 0. The molecule has 0 aliphatic carbocycles. The van der Waals surface area contributed by atoms with Crippen molar-refractivity contribution in [3.8, 4) is 0 Å². The predicted molar refractivity (Wildman–Crippen MR) is 70.2 cm³/mol. The molecule has 2 rings (SSSR count). The van der Waals surface area contributed by atoms with Crippen LogP contribution in [-0.4, -0.2) is 12.5 Å². The van der Waals surface area contributed by atoms with Gasteiger partial charge in [0.15, 0.2) is 0 Å². The Morgan fingerprint density at radius 3 is 2.22 bits per heavy atom. The van der Waals surface area contributed by atoms with E-state index in [1.165, 1.54) is 24.3 Å². The highest BCUT2D eigenvalue weighted by atomic mass is 19.1. The van der Waals surface area contributed by atoms with Gasteiger partial charge in [-0.15, -0.1) is 0 Å². The van der Waals surface area contributed by atoms with Gasteiger partial charge >= 0.3 is 0 Å². The lowest BCUT2D eigenvalue weighted by atomic mass is 10.1. The fourth-order valence-corrected chi connectivity index (χ4v) is 1.80. The van der Waals surface area contributed by atoms with Gasteiger partial charge in [0.1, 0.15) is 5.82 Å². The fraction of sp³-hybridized carbons (Fsp3) is 0.133. The van der Waals surface area contributed by atoms with Crippen LogP contribution in [0.1, 0.15) is 17.3 Å². The lowest BCUT2D eigenvalue weighted by molar-refractivity contribution is 0.0988. The molecule has 1 amide bonds. The standard InChI is InChI=1S/C15H14FNO/c1-2-17(14-6-4-3-5-7-14)15(18)12-8-10-13(16)11-9-12/h3-11H,2H2,1H3. The Morgan fingerprint density at radius 1 is 1.06 bits per heavy atom. The van der Waals surface area contributed by atoms with E-state index in [4.69, 9.17) is 0 Å². The molecule has 0 aliphatic heterocycles. The number of nitrogens with zero attached hydrogens (tertiary/aromatic N) is 1. The van der Waals surface area contributed by atoms with Crippen LogP contribution in [0, 0.1) is 5.82 Å². The second-order valence-electron chi connectivity index (χ2n) is 3.89. The van der Waals surface area contributed by atoms with Gasteiger partial charge in [-0.3, -0.25) is 4.79 Å². The Labute approximate surface area is 106 Å². The number of rotatable bonds is 3. The van der Waals surface area contributed by atoms with Crippen molar-refractivity contribution in [3.63, 3.8) is 0 Å². The van der Waals surface area contributed by atoms with Gasteiger partial charge in [0, 0.05) is 17.8 Å². The van der Waals surface area contributed by atoms with Gasteiger partial charge in [0.2, 0.25) is 0 Å². The van der Waals surface area contributed by atoms with Crippen LogP contribution in [-0.2, 0) is 0 Å². The van der Waals surface area contributed by atoms with E-state index in [1.807, 2.05) is 37.3 Å². The summed E-state index contributed by atoms with van der Waals surface area (Å²) < 4.78 is 12.8. The van der Waals surface area contributed by atoms with Gasteiger partial charge in [-0.25, -0.2) is 4.39 Å². The largest absolute Gasteiger partial charge is 0.309 e. The van der Waals surface area contributed by atoms with Crippen molar-refractivity contribution in [1.82, 2.24) is 0 Å². The number of halogens is 1. The average Bonchev–Trinajstić information content (AvgIpc) is 2.41. The number of amides is 1. The molecule has 0 N–H and O–H groups in total. The van der Waals surface area contributed by atoms with Crippen molar-refractivity contribution in [2.24, 2.45) is 0 Å². The van der Waals surface area contributed by atoms with Gasteiger partial charge in [-0.1, -0.05) is 18.2 Å². The Morgan fingerprint density at radius 2 is 1.67 bits per heavy atom. The molecular formula is C15H14FNO. The van der Waals surface area contributed by atoms with Crippen LogP contribution in [0.15, 0.2) is 54.6 Å². The monoisotopic (exact) mass is 243 g/mol. The van der Waals surface area contributed by atoms with Gasteiger partial charge < -0.3 is 4.90 Å². The summed E-state index contributed by atoms with van der Waals surface area (Å²) in [4.78, 5) is 14.0. The van der Waals surface area contributed by atoms with Crippen molar-refractivity contribution >= 4 is 11.6 Å². The first-order valence-electron chi connectivity index (χ1n) is 5.85. The van der Waals surface area contributed by atoms with Crippen molar-refractivity contribution in [3.05, 3.63) is 66.0 Å². The van der Waals surface area contributed by atoms with Crippen molar-refractivity contribution in [1.29, 1.82) is 0 Å². The average molecular weight is 243 g/mol. The Balaban J connectivity index is 2.28. The van der Waals surface area contributed by atoms with Crippen LogP contribution in [0.3, 0.4) is 0 Å². The fourth-order valence-electron chi connectivity index (χ4n) is 1.80. The van der Waals surface area contributed by atoms with Crippen molar-refractivity contribution < 1.29 is 9.18 Å². The van der Waals surface area contributed by atoms with Gasteiger partial charge in [-0.2, -0.15) is 0 Å². The molecule has 0 atom stereocenters. The highest BCUT2D eigenvalue weighted by Crippen LogP contribution is 2.16. The molecule has 0 radical (unpaired) electrons. The zero-order chi connectivity index (χ0) is 13.0. The second-order valence-corrected chi connectivity index (χ2v) is 3.89. The molecule has 2 aromatic rings. The van der Waals surface area contributed by atoms with E-state index in [-0.39, 0.29) is 11.7 Å². The Bertz CT molecular complexity index is 522. The molecule has 92 valence electrons. The number of carbonyl (C=O) groups excluding carboxylic acids is 1. The summed E-state index contributed by atoms with van der Waals surface area (Å²) >= 11 is 0. The van der Waals surface area contributed by atoms with Crippen LogP contribution in [0.4, 0.5) is 10.1 Å². The summed E-state index contributed by atoms with van der Waals surface area (Å²) in [6.07, 6.45) is 0. The molecule has 0 spiro atoms. The van der Waals surface area contributed by atoms with E-state index in [0.717, 1.165) is 5.69 Å². The highest BCUT2D eigenvalue weighted by Gasteiger charge is 2.15. The van der Waals surface area contributed by atoms with Crippen molar-refractivity contribution in [2.45, 2.75) is 6.92 Å². The first-order chi connectivity index (χ1) is 8.72. The predicted octanol–water partition coefficient (Wildman–Crippen LogP) is 3.49. The molecule has 0 heterocycles. The van der Waals surface area contributed by atoms with E-state index < -0.39 is 0 Å². The summed E-state index contributed by atoms with van der Waals surface area (Å²) in [5.74, 6) is -0.460. The maximum Gasteiger partial charge on any atom is 0.258 e. The van der Waals surface area contributed by atoms with Gasteiger partial charge in [0.05, 0.1) is 0 Å². The van der Waals surface area contributed by atoms with Crippen LogP contribution in [0.5, 0.6) is 0 Å². The van der Waals surface area contributed by atoms with Crippen LogP contribution in [0.2, 0.25) is 0 Å². The zero-order valence-corrected chi connectivity index (χ0v) is 10.1. The normalized spacial score (nSPS) is 10.1. The summed E-state index contributed by atoms with van der Waals surface area (Å²) in [5, 5.41) is 0. The minimum absolute atomic E-state index is 0.122. The molecule has 0 unspecified atom stereocenters. The molecule has 0 bridgehead atoms. The van der Waals surface area contributed by atoms with E-state index in [2.05, 4.69) is 0 Å². The van der Waals surface area contributed by atoms with Crippen LogP contribution < -0.4 is 4.90 Å². The van der Waals surface area contributed by atoms with E-state index in [9.17, 15) is 9.18 Å². The van der Waals surface area contributed by atoms with Crippen LogP contribution >= 0.6 is 0 Å². The molecule has 2 nitrogen and oxygen atoms in total. The summed E-state index contributed by atoms with van der Waals surface area (Å²) in [6.45, 7) is 2.48. The first kappa shape index (κ1) is 12.3. The quantitative estimate of drug-likeness (QED) is 0.808. The highest BCUT2D eigenvalue weighted by molar-refractivity contribution is 6.06. The summed E-state index contributed by atoms with van der Waals surface area (Å²) in [5.41, 5.74) is 1.33. The van der Waals surface area contributed by atoms with E-state index in [0.29, 0.717) is 12.1 Å². The summed E-state index contributed by atoms with van der Waals surface area (Å²) in [6, 6.07) is 15.0. The minimum Gasteiger partial charge on any atom is -0.309 e. The molecular weight excluding hydrogens is 229 g/mol. The number of benzene rings is 2. The van der Waals surface area contributed by atoms with E-state index in [1.54, 1.807) is 4.90 Å².